The molecule has 5 heteroatoms. The minimum absolute atomic E-state index is 0.367. The Labute approximate surface area is 124 Å². The SMILES string of the molecule is CC(Nc1ccc(C(N)=S)cc1Cl)C1CCOCC1. The summed E-state index contributed by atoms with van der Waals surface area (Å²) in [7, 11) is 0. The van der Waals surface area contributed by atoms with Gasteiger partial charge in [-0.05, 0) is 43.9 Å². The van der Waals surface area contributed by atoms with Crippen molar-refractivity contribution >= 4 is 34.5 Å². The van der Waals surface area contributed by atoms with Crippen LogP contribution in [0.3, 0.4) is 0 Å². The van der Waals surface area contributed by atoms with Crippen LogP contribution >= 0.6 is 23.8 Å². The van der Waals surface area contributed by atoms with Crippen LogP contribution in [-0.4, -0.2) is 24.2 Å². The molecule has 0 radical (unpaired) electrons. The number of nitrogens with two attached hydrogens (primary N) is 1. The van der Waals surface area contributed by atoms with E-state index < -0.39 is 0 Å². The van der Waals surface area contributed by atoms with Crippen LogP contribution in [0.25, 0.3) is 0 Å². The molecule has 3 N–H and O–H groups in total. The summed E-state index contributed by atoms with van der Waals surface area (Å²) in [5.74, 6) is 0.625. The molecular formula is C14H19ClN2OS. The third kappa shape index (κ3) is 3.81. The molecule has 1 heterocycles. The summed E-state index contributed by atoms with van der Waals surface area (Å²) in [6.07, 6.45) is 2.19. The second-order valence-corrected chi connectivity index (χ2v) is 5.79. The topological polar surface area (TPSA) is 47.3 Å². The Morgan fingerprint density at radius 1 is 1.47 bits per heavy atom. The number of benzene rings is 1. The zero-order valence-electron chi connectivity index (χ0n) is 11.0. The minimum Gasteiger partial charge on any atom is -0.389 e. The maximum Gasteiger partial charge on any atom is 0.104 e. The zero-order valence-corrected chi connectivity index (χ0v) is 12.6. The van der Waals surface area contributed by atoms with Gasteiger partial charge in [-0.15, -0.1) is 0 Å². The lowest BCUT2D eigenvalue weighted by atomic mass is 9.93. The smallest absolute Gasteiger partial charge is 0.104 e. The number of ether oxygens (including phenoxy) is 1. The van der Waals surface area contributed by atoms with Crippen molar-refractivity contribution in [1.29, 1.82) is 0 Å². The quantitative estimate of drug-likeness (QED) is 0.838. The predicted octanol–water partition coefficient (Wildman–Crippen LogP) is 3.20. The Balaban J connectivity index is 2.03. The summed E-state index contributed by atoms with van der Waals surface area (Å²) in [6.45, 7) is 3.89. The van der Waals surface area contributed by atoms with E-state index in [-0.39, 0.29) is 0 Å². The monoisotopic (exact) mass is 298 g/mol. The fourth-order valence-electron chi connectivity index (χ4n) is 2.36. The fraction of sp³-hybridized carbons (Fsp3) is 0.500. The lowest BCUT2D eigenvalue weighted by Gasteiger charge is -2.29. The summed E-state index contributed by atoms with van der Waals surface area (Å²) < 4.78 is 5.38. The predicted molar refractivity (Wildman–Crippen MR) is 84.0 cm³/mol. The normalized spacial score (nSPS) is 18.0. The van der Waals surface area contributed by atoms with Gasteiger partial charge in [0, 0.05) is 24.8 Å². The average molecular weight is 299 g/mol. The first-order chi connectivity index (χ1) is 9.08. The summed E-state index contributed by atoms with van der Waals surface area (Å²) in [6, 6.07) is 6.01. The van der Waals surface area contributed by atoms with Crippen molar-refractivity contribution in [3.8, 4) is 0 Å². The molecule has 1 aromatic rings. The summed E-state index contributed by atoms with van der Waals surface area (Å²) in [5, 5.41) is 4.13. The zero-order chi connectivity index (χ0) is 13.8. The van der Waals surface area contributed by atoms with Crippen molar-refractivity contribution in [3.05, 3.63) is 28.8 Å². The molecule has 0 amide bonds. The van der Waals surface area contributed by atoms with Crippen LogP contribution in [0.1, 0.15) is 25.3 Å². The van der Waals surface area contributed by atoms with Crippen LogP contribution in [0.15, 0.2) is 18.2 Å². The van der Waals surface area contributed by atoms with Gasteiger partial charge in [-0.1, -0.05) is 23.8 Å². The highest BCUT2D eigenvalue weighted by Gasteiger charge is 2.20. The van der Waals surface area contributed by atoms with E-state index in [1.165, 1.54) is 0 Å². The number of rotatable bonds is 4. The standard InChI is InChI=1S/C14H19ClN2OS/c1-9(10-4-6-18-7-5-10)17-13-3-2-11(14(16)19)8-12(13)15/h2-3,8-10,17H,4-7H2,1H3,(H2,16,19). The van der Waals surface area contributed by atoms with Crippen molar-refractivity contribution < 1.29 is 4.74 Å². The van der Waals surface area contributed by atoms with Crippen LogP contribution in [0.4, 0.5) is 5.69 Å². The van der Waals surface area contributed by atoms with Gasteiger partial charge in [0.05, 0.1) is 10.7 Å². The molecule has 0 spiro atoms. The highest BCUT2D eigenvalue weighted by molar-refractivity contribution is 7.80. The van der Waals surface area contributed by atoms with Crippen molar-refractivity contribution in [3.63, 3.8) is 0 Å². The average Bonchev–Trinajstić information content (AvgIpc) is 2.41. The molecule has 2 rings (SSSR count). The van der Waals surface area contributed by atoms with E-state index in [9.17, 15) is 0 Å². The Bertz CT molecular complexity index is 461. The van der Waals surface area contributed by atoms with E-state index in [1.807, 2.05) is 18.2 Å². The lowest BCUT2D eigenvalue weighted by molar-refractivity contribution is 0.0622. The first-order valence-electron chi connectivity index (χ1n) is 6.51. The molecule has 1 aliphatic heterocycles. The molecular weight excluding hydrogens is 280 g/mol. The molecule has 0 aromatic heterocycles. The van der Waals surface area contributed by atoms with Crippen LogP contribution in [0.2, 0.25) is 5.02 Å². The molecule has 19 heavy (non-hydrogen) atoms. The van der Waals surface area contributed by atoms with Gasteiger partial charge >= 0.3 is 0 Å². The van der Waals surface area contributed by atoms with Crippen molar-refractivity contribution in [1.82, 2.24) is 0 Å². The van der Waals surface area contributed by atoms with Gasteiger partial charge in [0.2, 0.25) is 0 Å². The molecule has 1 atom stereocenters. The van der Waals surface area contributed by atoms with Crippen LogP contribution in [-0.2, 0) is 4.74 Å². The van der Waals surface area contributed by atoms with E-state index >= 15 is 0 Å². The van der Waals surface area contributed by atoms with Gasteiger partial charge in [-0.3, -0.25) is 0 Å². The summed E-state index contributed by atoms with van der Waals surface area (Å²) in [4.78, 5) is 0.367. The van der Waals surface area contributed by atoms with E-state index in [1.54, 1.807) is 0 Å². The van der Waals surface area contributed by atoms with Gasteiger partial charge < -0.3 is 15.8 Å². The largest absolute Gasteiger partial charge is 0.389 e. The fourth-order valence-corrected chi connectivity index (χ4v) is 2.73. The highest BCUT2D eigenvalue weighted by Crippen LogP contribution is 2.27. The Kier molecular flexibility index (Phi) is 5.02. The van der Waals surface area contributed by atoms with Crippen LogP contribution in [0.5, 0.6) is 0 Å². The lowest BCUT2D eigenvalue weighted by Crippen LogP contribution is -2.31. The van der Waals surface area contributed by atoms with Crippen molar-refractivity contribution in [2.45, 2.75) is 25.8 Å². The number of halogens is 1. The second-order valence-electron chi connectivity index (χ2n) is 4.94. The van der Waals surface area contributed by atoms with Crippen molar-refractivity contribution in [2.24, 2.45) is 11.7 Å². The first-order valence-corrected chi connectivity index (χ1v) is 7.30. The molecule has 1 unspecified atom stereocenters. The third-order valence-corrected chi connectivity index (χ3v) is 4.16. The second kappa shape index (κ2) is 6.55. The maximum absolute atomic E-state index is 6.25. The van der Waals surface area contributed by atoms with Gasteiger partial charge in [-0.2, -0.15) is 0 Å². The minimum atomic E-state index is 0.367. The summed E-state index contributed by atoms with van der Waals surface area (Å²) >= 11 is 11.2. The Morgan fingerprint density at radius 3 is 2.74 bits per heavy atom. The van der Waals surface area contributed by atoms with Gasteiger partial charge in [-0.25, -0.2) is 0 Å². The van der Waals surface area contributed by atoms with Gasteiger partial charge in [0.1, 0.15) is 4.99 Å². The highest BCUT2D eigenvalue weighted by atomic mass is 35.5. The molecule has 0 saturated carbocycles. The maximum atomic E-state index is 6.25. The number of hydrogen-bond acceptors (Lipinski definition) is 3. The Hall–Kier alpha value is -0.840. The number of thiocarbonyl (C=S) groups is 1. The van der Waals surface area contributed by atoms with E-state index in [2.05, 4.69) is 12.2 Å². The van der Waals surface area contributed by atoms with Crippen LogP contribution < -0.4 is 11.1 Å². The molecule has 1 aliphatic rings. The van der Waals surface area contributed by atoms with E-state index in [0.717, 1.165) is 37.3 Å². The number of nitrogens with one attached hydrogen (secondary N) is 1. The molecule has 104 valence electrons. The third-order valence-electron chi connectivity index (χ3n) is 3.61. The summed E-state index contributed by atoms with van der Waals surface area (Å²) in [5.41, 5.74) is 7.32. The molecule has 0 aliphatic carbocycles. The van der Waals surface area contributed by atoms with E-state index in [0.29, 0.717) is 22.0 Å². The molecule has 1 aromatic carbocycles. The Morgan fingerprint density at radius 2 is 2.16 bits per heavy atom. The number of anilines is 1. The van der Waals surface area contributed by atoms with Crippen molar-refractivity contribution in [2.75, 3.05) is 18.5 Å². The number of hydrogen-bond donors (Lipinski definition) is 2. The van der Waals surface area contributed by atoms with Crippen LogP contribution in [0, 0.1) is 5.92 Å². The molecule has 1 fully saturated rings. The first kappa shape index (κ1) is 14.6. The van der Waals surface area contributed by atoms with Gasteiger partial charge in [0.25, 0.3) is 0 Å². The molecule has 1 saturated heterocycles. The van der Waals surface area contributed by atoms with Gasteiger partial charge in [0.15, 0.2) is 0 Å². The van der Waals surface area contributed by atoms with E-state index in [4.69, 9.17) is 34.3 Å². The molecule has 0 bridgehead atoms. The molecule has 3 nitrogen and oxygen atoms in total.